The Balaban J connectivity index is 1.56. The second-order valence-corrected chi connectivity index (χ2v) is 8.15. The molecular formula is C19H19Cl2N7OS. The van der Waals surface area contributed by atoms with Crippen LogP contribution in [0.25, 0.3) is 0 Å². The van der Waals surface area contributed by atoms with E-state index >= 15 is 0 Å². The van der Waals surface area contributed by atoms with Gasteiger partial charge >= 0.3 is 0 Å². The van der Waals surface area contributed by atoms with Gasteiger partial charge in [0.05, 0.1) is 17.0 Å². The Hall–Kier alpha value is -2.75. The van der Waals surface area contributed by atoms with Crippen LogP contribution in [0, 0.1) is 13.8 Å². The minimum Gasteiger partial charge on any atom is -0.334 e. The third-order valence-electron chi connectivity index (χ3n) is 3.99. The average Bonchev–Trinajstić information content (AvgIpc) is 3.04. The van der Waals surface area contributed by atoms with E-state index in [1.165, 1.54) is 10.9 Å². The molecule has 8 nitrogen and oxygen atoms in total. The van der Waals surface area contributed by atoms with Gasteiger partial charge in [0.25, 0.3) is 5.95 Å². The minimum atomic E-state index is -0.165. The summed E-state index contributed by atoms with van der Waals surface area (Å²) in [7, 11) is 0. The van der Waals surface area contributed by atoms with Crippen LogP contribution in [-0.4, -0.2) is 32.7 Å². The second kappa shape index (κ2) is 9.84. The van der Waals surface area contributed by atoms with E-state index in [4.69, 9.17) is 29.0 Å². The first kappa shape index (κ1) is 21.9. The van der Waals surface area contributed by atoms with Crippen molar-refractivity contribution < 1.29 is 4.79 Å². The van der Waals surface area contributed by atoms with E-state index in [0.29, 0.717) is 20.8 Å². The molecule has 0 saturated heterocycles. The van der Waals surface area contributed by atoms with Crippen LogP contribution < -0.4 is 16.6 Å². The van der Waals surface area contributed by atoms with Crippen molar-refractivity contribution in [2.24, 2.45) is 5.10 Å². The first-order chi connectivity index (χ1) is 14.3. The van der Waals surface area contributed by atoms with Crippen LogP contribution >= 0.6 is 35.0 Å². The average molecular weight is 464 g/mol. The lowest BCUT2D eigenvalue weighted by atomic mass is 10.1. The highest BCUT2D eigenvalue weighted by molar-refractivity contribution is 7.99. The summed E-state index contributed by atoms with van der Waals surface area (Å²) in [5.41, 5.74) is 6.22. The molecule has 0 saturated carbocycles. The molecule has 0 unspecified atom stereocenters. The number of nitrogen functional groups attached to an aromatic ring is 1. The molecule has 0 atom stereocenters. The monoisotopic (exact) mass is 463 g/mol. The summed E-state index contributed by atoms with van der Waals surface area (Å²) < 4.78 is 1.22. The molecule has 0 bridgehead atoms. The number of halogens is 2. The van der Waals surface area contributed by atoms with Gasteiger partial charge in [-0.3, -0.25) is 4.79 Å². The number of aryl methyl sites for hydroxylation is 2. The lowest BCUT2D eigenvalue weighted by molar-refractivity contribution is -0.113. The third kappa shape index (κ3) is 5.65. The van der Waals surface area contributed by atoms with Crippen molar-refractivity contribution in [3.05, 3.63) is 63.1 Å². The lowest BCUT2D eigenvalue weighted by Gasteiger charge is -2.09. The van der Waals surface area contributed by atoms with E-state index in [0.717, 1.165) is 28.6 Å². The van der Waals surface area contributed by atoms with E-state index < -0.39 is 0 Å². The van der Waals surface area contributed by atoms with Crippen LogP contribution in [0.4, 0.5) is 11.6 Å². The molecule has 156 valence electrons. The number of benzene rings is 2. The van der Waals surface area contributed by atoms with E-state index in [-0.39, 0.29) is 17.6 Å². The van der Waals surface area contributed by atoms with Gasteiger partial charge in [-0.25, -0.2) is 10.1 Å². The number of amides is 1. The van der Waals surface area contributed by atoms with Gasteiger partial charge in [0, 0.05) is 16.3 Å². The second-order valence-electron chi connectivity index (χ2n) is 6.37. The molecule has 0 fully saturated rings. The van der Waals surface area contributed by atoms with Crippen LogP contribution in [0.5, 0.6) is 0 Å². The molecular weight excluding hydrogens is 445 g/mol. The van der Waals surface area contributed by atoms with Gasteiger partial charge in [-0.15, -0.1) is 10.2 Å². The fraction of sp³-hybridized carbons (Fsp3) is 0.158. The van der Waals surface area contributed by atoms with Gasteiger partial charge in [0.1, 0.15) is 0 Å². The minimum absolute atomic E-state index is 0.131. The normalized spacial score (nSPS) is 11.1. The van der Waals surface area contributed by atoms with Crippen molar-refractivity contribution in [1.82, 2.24) is 14.9 Å². The number of hydrazone groups is 1. The van der Waals surface area contributed by atoms with Gasteiger partial charge in [0.15, 0.2) is 0 Å². The Kier molecular flexibility index (Phi) is 7.20. The van der Waals surface area contributed by atoms with E-state index in [1.807, 2.05) is 32.0 Å². The molecule has 3 aromatic rings. The Labute approximate surface area is 187 Å². The zero-order valence-corrected chi connectivity index (χ0v) is 18.5. The molecule has 0 aliphatic heterocycles. The standard InChI is InChI=1S/C19H19Cl2N7OS/c1-11-3-4-12(2)16(7-11)24-17(29)10-30-19-27-26-18(28(19)22)25-23-9-13-5-6-14(20)8-15(13)21/h3-9H,10,22H2,1-2H3,(H,24,29)(H,25,26)/b23-9+. The molecule has 0 radical (unpaired) electrons. The van der Waals surface area contributed by atoms with Crippen molar-refractivity contribution in [3.63, 3.8) is 0 Å². The highest BCUT2D eigenvalue weighted by atomic mass is 35.5. The highest BCUT2D eigenvalue weighted by Gasteiger charge is 2.13. The molecule has 3 rings (SSSR count). The van der Waals surface area contributed by atoms with Gasteiger partial charge in [0.2, 0.25) is 11.1 Å². The molecule has 1 heterocycles. The summed E-state index contributed by atoms with van der Waals surface area (Å²) in [6.07, 6.45) is 1.51. The topological polar surface area (TPSA) is 110 Å². The predicted molar refractivity (Wildman–Crippen MR) is 123 cm³/mol. The van der Waals surface area contributed by atoms with Crippen molar-refractivity contribution >= 4 is 58.7 Å². The van der Waals surface area contributed by atoms with Gasteiger partial charge in [-0.1, -0.05) is 53.2 Å². The summed E-state index contributed by atoms with van der Waals surface area (Å²) in [4.78, 5) is 12.3. The van der Waals surface area contributed by atoms with Gasteiger partial charge in [-0.05, 0) is 43.2 Å². The maximum atomic E-state index is 12.3. The fourth-order valence-corrected chi connectivity index (χ4v) is 3.52. The van der Waals surface area contributed by atoms with Gasteiger partial charge in [-0.2, -0.15) is 5.10 Å². The number of rotatable bonds is 7. The Morgan fingerprint density at radius 1 is 1.23 bits per heavy atom. The molecule has 11 heteroatoms. The SMILES string of the molecule is Cc1ccc(C)c(NC(=O)CSc2nnc(N/N=C/c3ccc(Cl)cc3Cl)n2N)c1. The van der Waals surface area contributed by atoms with Crippen LogP contribution in [0.15, 0.2) is 46.7 Å². The number of nitrogens with two attached hydrogens (primary N) is 1. The maximum absolute atomic E-state index is 12.3. The first-order valence-electron chi connectivity index (χ1n) is 8.78. The largest absolute Gasteiger partial charge is 0.334 e. The molecule has 1 aromatic heterocycles. The van der Waals surface area contributed by atoms with Crippen molar-refractivity contribution in [2.45, 2.75) is 19.0 Å². The number of hydrogen-bond donors (Lipinski definition) is 3. The van der Waals surface area contributed by atoms with Crippen molar-refractivity contribution in [1.29, 1.82) is 0 Å². The van der Waals surface area contributed by atoms with Crippen molar-refractivity contribution in [3.8, 4) is 0 Å². The fourth-order valence-electron chi connectivity index (χ4n) is 2.40. The number of carbonyl (C=O) groups is 1. The van der Waals surface area contributed by atoms with Gasteiger partial charge < -0.3 is 11.2 Å². The first-order valence-corrected chi connectivity index (χ1v) is 10.5. The maximum Gasteiger partial charge on any atom is 0.264 e. The summed E-state index contributed by atoms with van der Waals surface area (Å²) >= 11 is 13.1. The molecule has 30 heavy (non-hydrogen) atoms. The van der Waals surface area contributed by atoms with E-state index in [9.17, 15) is 4.79 Å². The number of hydrogen-bond acceptors (Lipinski definition) is 7. The molecule has 4 N–H and O–H groups in total. The quantitative estimate of drug-likeness (QED) is 0.210. The summed E-state index contributed by atoms with van der Waals surface area (Å²) in [6, 6.07) is 10.9. The lowest BCUT2D eigenvalue weighted by Crippen LogP contribution is -2.17. The van der Waals surface area contributed by atoms with Crippen LogP contribution in [0.1, 0.15) is 16.7 Å². The molecule has 0 aliphatic rings. The highest BCUT2D eigenvalue weighted by Crippen LogP contribution is 2.21. The van der Waals surface area contributed by atoms with Crippen LogP contribution in [-0.2, 0) is 4.79 Å². The van der Waals surface area contributed by atoms with Crippen LogP contribution in [0.3, 0.4) is 0 Å². The number of nitrogens with one attached hydrogen (secondary N) is 2. The molecule has 2 aromatic carbocycles. The smallest absolute Gasteiger partial charge is 0.264 e. The Bertz CT molecular complexity index is 1100. The number of carbonyl (C=O) groups excluding carboxylic acids is 1. The summed E-state index contributed by atoms with van der Waals surface area (Å²) in [6.45, 7) is 3.91. The zero-order chi connectivity index (χ0) is 21.7. The predicted octanol–water partition coefficient (Wildman–Crippen LogP) is 4.09. The number of nitrogens with zero attached hydrogens (tertiary/aromatic N) is 4. The van der Waals surface area contributed by atoms with E-state index in [2.05, 4.69) is 26.0 Å². The Morgan fingerprint density at radius 3 is 2.80 bits per heavy atom. The molecule has 0 aliphatic carbocycles. The Morgan fingerprint density at radius 2 is 2.03 bits per heavy atom. The third-order valence-corrected chi connectivity index (χ3v) is 5.50. The summed E-state index contributed by atoms with van der Waals surface area (Å²) in [5.74, 6) is 6.16. The van der Waals surface area contributed by atoms with Crippen molar-refractivity contribution in [2.75, 3.05) is 22.3 Å². The molecule has 0 spiro atoms. The number of anilines is 2. The van der Waals surface area contributed by atoms with E-state index in [1.54, 1.807) is 18.2 Å². The zero-order valence-electron chi connectivity index (χ0n) is 16.2. The number of thioether (sulfide) groups is 1. The number of aromatic nitrogens is 3. The summed E-state index contributed by atoms with van der Waals surface area (Å²) in [5, 5.41) is 16.2. The molecule has 1 amide bonds. The van der Waals surface area contributed by atoms with Crippen LogP contribution in [0.2, 0.25) is 10.0 Å².